The van der Waals surface area contributed by atoms with E-state index in [4.69, 9.17) is 11.6 Å². The highest BCUT2D eigenvalue weighted by Gasteiger charge is 2.24. The van der Waals surface area contributed by atoms with Crippen molar-refractivity contribution in [3.63, 3.8) is 0 Å². The first-order chi connectivity index (χ1) is 16.0. The molecule has 5 rings (SSSR count). The number of Topliss-reactive ketones (excluding diaryl/α,β-unsaturated/α-hetero) is 1. The van der Waals surface area contributed by atoms with E-state index in [0.29, 0.717) is 15.5 Å². The van der Waals surface area contributed by atoms with Gasteiger partial charge in [0.1, 0.15) is 0 Å². The summed E-state index contributed by atoms with van der Waals surface area (Å²) in [4.78, 5) is 31.3. The number of thiophene rings is 1. The molecule has 0 bridgehead atoms. The Morgan fingerprint density at radius 1 is 1.06 bits per heavy atom. The van der Waals surface area contributed by atoms with E-state index in [1.165, 1.54) is 22.5 Å². The Bertz CT molecular complexity index is 1360. The molecule has 2 heterocycles. The number of nitrogens with zero attached hydrogens (tertiary/aromatic N) is 1. The van der Waals surface area contributed by atoms with E-state index in [2.05, 4.69) is 22.4 Å². The fourth-order valence-corrected chi connectivity index (χ4v) is 5.28. The lowest BCUT2D eigenvalue weighted by atomic mass is 10.0. The summed E-state index contributed by atoms with van der Waals surface area (Å²) in [7, 11) is 0. The lowest BCUT2D eigenvalue weighted by molar-refractivity contribution is 0.0935. The number of pyridine rings is 1. The molecular formula is C27H21ClN2O2S. The lowest BCUT2D eigenvalue weighted by Gasteiger charge is -2.15. The quantitative estimate of drug-likeness (QED) is 0.327. The number of nitrogens with one attached hydrogen (secondary N) is 1. The van der Waals surface area contributed by atoms with Crippen LogP contribution in [0.1, 0.15) is 50.5 Å². The molecule has 0 saturated heterocycles. The van der Waals surface area contributed by atoms with Crippen LogP contribution >= 0.6 is 22.9 Å². The number of benzene rings is 2. The Kier molecular flexibility index (Phi) is 5.83. The summed E-state index contributed by atoms with van der Waals surface area (Å²) < 4.78 is 0. The normalized spacial score (nSPS) is 14.7. The van der Waals surface area contributed by atoms with Crippen molar-refractivity contribution in [1.29, 1.82) is 0 Å². The van der Waals surface area contributed by atoms with Crippen molar-refractivity contribution in [2.75, 3.05) is 0 Å². The summed E-state index contributed by atoms with van der Waals surface area (Å²) in [5, 5.41) is 3.81. The molecule has 1 atom stereocenters. The van der Waals surface area contributed by atoms with Gasteiger partial charge in [-0.2, -0.15) is 0 Å². The molecule has 1 aliphatic rings. The van der Waals surface area contributed by atoms with Gasteiger partial charge in [-0.15, -0.1) is 11.3 Å². The fourth-order valence-electron chi connectivity index (χ4n) is 4.24. The molecule has 164 valence electrons. The molecule has 4 aromatic rings. The number of halogens is 1. The number of ketones is 1. The van der Waals surface area contributed by atoms with Gasteiger partial charge in [0.2, 0.25) is 0 Å². The summed E-state index contributed by atoms with van der Waals surface area (Å²) in [6, 6.07) is 21.3. The highest BCUT2D eigenvalue weighted by atomic mass is 35.5. The van der Waals surface area contributed by atoms with E-state index < -0.39 is 0 Å². The molecule has 6 heteroatoms. The number of hydrogen-bond acceptors (Lipinski definition) is 4. The first kappa shape index (κ1) is 21.6. The summed E-state index contributed by atoms with van der Waals surface area (Å²) >= 11 is 7.47. The Morgan fingerprint density at radius 2 is 1.85 bits per heavy atom. The monoisotopic (exact) mass is 472 g/mol. The second-order valence-corrected chi connectivity index (χ2v) is 9.63. The maximum atomic E-state index is 13.2. The maximum absolute atomic E-state index is 13.2. The zero-order valence-electron chi connectivity index (χ0n) is 18.0. The topological polar surface area (TPSA) is 59.1 Å². The van der Waals surface area contributed by atoms with Crippen LogP contribution in [-0.2, 0) is 6.42 Å². The maximum Gasteiger partial charge on any atom is 0.253 e. The molecule has 33 heavy (non-hydrogen) atoms. The van der Waals surface area contributed by atoms with Gasteiger partial charge in [-0.3, -0.25) is 14.6 Å². The van der Waals surface area contributed by atoms with Crippen molar-refractivity contribution < 1.29 is 9.59 Å². The zero-order chi connectivity index (χ0) is 22.9. The number of amides is 1. The highest BCUT2D eigenvalue weighted by Crippen LogP contribution is 2.36. The van der Waals surface area contributed by atoms with E-state index in [1.54, 1.807) is 13.1 Å². The summed E-state index contributed by atoms with van der Waals surface area (Å²) in [5.74, 6) is -0.141. The van der Waals surface area contributed by atoms with Gasteiger partial charge in [0.15, 0.2) is 5.78 Å². The molecule has 2 aromatic heterocycles. The molecule has 0 aliphatic heterocycles. The molecule has 1 amide bonds. The third-order valence-electron chi connectivity index (χ3n) is 5.92. The molecule has 1 N–H and O–H groups in total. The van der Waals surface area contributed by atoms with E-state index in [-0.39, 0.29) is 17.7 Å². The lowest BCUT2D eigenvalue weighted by Crippen LogP contribution is -2.27. The van der Waals surface area contributed by atoms with Gasteiger partial charge < -0.3 is 5.32 Å². The molecule has 2 aromatic carbocycles. The van der Waals surface area contributed by atoms with Crippen molar-refractivity contribution >= 4 is 34.6 Å². The van der Waals surface area contributed by atoms with Crippen molar-refractivity contribution in [1.82, 2.24) is 10.3 Å². The van der Waals surface area contributed by atoms with Gasteiger partial charge >= 0.3 is 0 Å². The molecule has 0 radical (unpaired) electrons. The van der Waals surface area contributed by atoms with Crippen LogP contribution in [0.15, 0.2) is 72.9 Å². The minimum Gasteiger partial charge on any atom is -0.345 e. The van der Waals surface area contributed by atoms with Gasteiger partial charge in [0, 0.05) is 27.2 Å². The van der Waals surface area contributed by atoms with E-state index in [1.807, 2.05) is 54.6 Å². The predicted octanol–water partition coefficient (Wildman–Crippen LogP) is 6.75. The van der Waals surface area contributed by atoms with Gasteiger partial charge in [-0.05, 0) is 61.2 Å². The summed E-state index contributed by atoms with van der Waals surface area (Å²) in [5.41, 5.74) is 5.41. The van der Waals surface area contributed by atoms with Crippen LogP contribution in [0.3, 0.4) is 0 Å². The molecule has 1 aliphatic carbocycles. The second kappa shape index (κ2) is 8.93. The Morgan fingerprint density at radius 3 is 2.61 bits per heavy atom. The minimum absolute atomic E-state index is 0.000792. The number of hydrogen-bond donors (Lipinski definition) is 1. The fraction of sp³-hybridized carbons (Fsp3) is 0.148. The number of rotatable bonds is 5. The first-order valence-electron chi connectivity index (χ1n) is 10.8. The Labute approximate surface area is 201 Å². The Hall–Kier alpha value is -3.28. The van der Waals surface area contributed by atoms with Crippen LogP contribution < -0.4 is 5.32 Å². The average molecular weight is 473 g/mol. The summed E-state index contributed by atoms with van der Waals surface area (Å²) in [6.07, 6.45) is 3.47. The molecular weight excluding hydrogens is 452 g/mol. The number of fused-ring (bicyclic) bond motifs is 1. The van der Waals surface area contributed by atoms with Crippen LogP contribution in [0.5, 0.6) is 0 Å². The van der Waals surface area contributed by atoms with Crippen molar-refractivity contribution in [3.8, 4) is 21.7 Å². The summed E-state index contributed by atoms with van der Waals surface area (Å²) in [6.45, 7) is 1.55. The van der Waals surface area contributed by atoms with Crippen LogP contribution in [0, 0.1) is 0 Å². The third kappa shape index (κ3) is 4.34. The molecule has 1 unspecified atom stereocenters. The smallest absolute Gasteiger partial charge is 0.253 e. The van der Waals surface area contributed by atoms with E-state index in [9.17, 15) is 9.59 Å². The minimum atomic E-state index is -0.156. The van der Waals surface area contributed by atoms with Crippen LogP contribution in [0.4, 0.5) is 0 Å². The predicted molar refractivity (Wildman–Crippen MR) is 133 cm³/mol. The molecule has 0 fully saturated rings. The van der Waals surface area contributed by atoms with Crippen molar-refractivity contribution in [3.05, 3.63) is 99.5 Å². The van der Waals surface area contributed by atoms with Crippen LogP contribution in [0.25, 0.3) is 21.7 Å². The van der Waals surface area contributed by atoms with Crippen LogP contribution in [0.2, 0.25) is 5.02 Å². The number of aromatic nitrogens is 1. The van der Waals surface area contributed by atoms with E-state index in [0.717, 1.165) is 34.5 Å². The Balaban J connectivity index is 1.52. The molecule has 0 spiro atoms. The van der Waals surface area contributed by atoms with Gasteiger partial charge in [-0.25, -0.2) is 0 Å². The van der Waals surface area contributed by atoms with Crippen molar-refractivity contribution in [2.24, 2.45) is 0 Å². The first-order valence-corrected chi connectivity index (χ1v) is 11.9. The average Bonchev–Trinajstić information content (AvgIpc) is 3.47. The highest BCUT2D eigenvalue weighted by molar-refractivity contribution is 7.17. The van der Waals surface area contributed by atoms with Gasteiger partial charge in [0.05, 0.1) is 22.2 Å². The largest absolute Gasteiger partial charge is 0.345 e. The number of aryl methyl sites for hydroxylation is 1. The zero-order valence-corrected chi connectivity index (χ0v) is 19.5. The van der Waals surface area contributed by atoms with Gasteiger partial charge in [-0.1, -0.05) is 48.0 Å². The molecule has 4 nitrogen and oxygen atoms in total. The molecule has 0 saturated carbocycles. The standard InChI is InChI=1S/C27H21ClN2O2S/c1-16(31)24-12-13-25(33-24)22-14-19(15-29-26(22)18-6-9-20(28)10-7-18)27(32)30-23-11-8-17-4-2-3-5-21(17)23/h2-7,9-10,12-15,23H,8,11H2,1H3,(H,30,32). The number of carbonyl (C=O) groups excluding carboxylic acids is 2. The SMILES string of the molecule is CC(=O)c1ccc(-c2cc(C(=O)NC3CCc4ccccc43)cnc2-c2ccc(Cl)cc2)s1. The third-order valence-corrected chi connectivity index (χ3v) is 7.40. The number of carbonyl (C=O) groups is 2. The second-order valence-electron chi connectivity index (χ2n) is 8.11. The van der Waals surface area contributed by atoms with Crippen molar-refractivity contribution in [2.45, 2.75) is 25.8 Å². The van der Waals surface area contributed by atoms with Gasteiger partial charge in [0.25, 0.3) is 5.91 Å². The van der Waals surface area contributed by atoms with Crippen LogP contribution in [-0.4, -0.2) is 16.7 Å². The van der Waals surface area contributed by atoms with E-state index >= 15 is 0 Å².